The molecular weight excluding hydrogens is 1080 g/mol. The van der Waals surface area contributed by atoms with Gasteiger partial charge in [0.2, 0.25) is 0 Å². The number of aliphatic hydroxyl groups is 7. The molecule has 14 nitrogen and oxygen atoms in total. The number of allylic oxidation sites excluding steroid dienone is 14. The summed E-state index contributed by atoms with van der Waals surface area (Å²) in [6.07, 6.45) is 59.3. The first kappa shape index (κ1) is 78.3. The summed E-state index contributed by atoms with van der Waals surface area (Å²) in [6.45, 7) is 3.59. The summed E-state index contributed by atoms with van der Waals surface area (Å²) in [5, 5.41) is 72.6. The van der Waals surface area contributed by atoms with Gasteiger partial charge in [-0.1, -0.05) is 247 Å². The van der Waals surface area contributed by atoms with Crippen molar-refractivity contribution >= 4 is 5.97 Å². The van der Waals surface area contributed by atoms with E-state index in [-0.39, 0.29) is 25.6 Å². The van der Waals surface area contributed by atoms with E-state index in [0.717, 1.165) is 83.5 Å². The first-order valence-electron chi connectivity index (χ1n) is 34.2. The van der Waals surface area contributed by atoms with Crippen LogP contribution < -0.4 is 0 Å². The lowest BCUT2D eigenvalue weighted by atomic mass is 9.98. The van der Waals surface area contributed by atoms with Crippen molar-refractivity contribution in [1.82, 2.24) is 0 Å². The molecule has 85 heavy (non-hydrogen) atoms. The van der Waals surface area contributed by atoms with Crippen LogP contribution in [0, 0.1) is 0 Å². The molecule has 0 bridgehead atoms. The molecule has 2 fully saturated rings. The minimum absolute atomic E-state index is 0.0562. The summed E-state index contributed by atoms with van der Waals surface area (Å²) in [5.74, 6) is -0.380. The molecule has 2 saturated heterocycles. The minimum atomic E-state index is -1.71. The lowest BCUT2D eigenvalue weighted by Crippen LogP contribution is -2.61. The zero-order valence-electron chi connectivity index (χ0n) is 53.3. The van der Waals surface area contributed by atoms with Crippen molar-refractivity contribution < 1.29 is 69.0 Å². The van der Waals surface area contributed by atoms with Crippen molar-refractivity contribution in [3.8, 4) is 0 Å². The third kappa shape index (κ3) is 41.9. The van der Waals surface area contributed by atoms with E-state index in [0.29, 0.717) is 13.0 Å². The standard InChI is InChI=1S/C71H124O14/c1-3-5-7-9-11-13-15-17-19-21-23-25-27-29-31-33-35-37-39-41-43-45-47-49-51-53-55-80-57-60(58-81-70-69(79)67(77)65(75)62(85-70)59-82-71-68(78)66(76)64(74)61(56-72)84-71)83-63(73)54-52-50-48-46-44-42-40-38-36-34-32-30-28-26-24-22-20-18-16-14-12-10-8-6-4-2/h5,7,11,13,16-19,22-25,28,30,60-62,64-72,74-79H,3-4,6,8-10,12,14-15,20-21,26-27,29,31-59H2,1-2H3/b7-5-,13-11-,18-16-,19-17-,24-22-,25-23-,30-28-. The SMILES string of the molecule is CC/C=C\C/C=C\C/C=C\C/C=C\CCCCCCCCCCCCCCCOCC(COC1OC(COC2OC(CO)C(O)C(O)C2O)C(O)C(O)C1O)OC(=O)CCCCCCCCCCCC/C=C\C/C=C\C/C=C\CCCCCCC. The van der Waals surface area contributed by atoms with E-state index in [9.17, 15) is 40.5 Å². The number of carbonyl (C=O) groups excluding carboxylic acids is 1. The molecule has 14 heteroatoms. The molecule has 0 amide bonds. The Bertz CT molecular complexity index is 1730. The molecule has 2 heterocycles. The Hall–Kier alpha value is -2.83. The first-order chi connectivity index (χ1) is 41.6. The number of rotatable bonds is 56. The molecule has 2 rings (SSSR count). The zero-order valence-corrected chi connectivity index (χ0v) is 53.3. The van der Waals surface area contributed by atoms with Crippen LogP contribution in [0.25, 0.3) is 0 Å². The third-order valence-corrected chi connectivity index (χ3v) is 15.9. The maximum atomic E-state index is 13.2. The van der Waals surface area contributed by atoms with Gasteiger partial charge in [-0.3, -0.25) is 4.79 Å². The Labute approximate surface area is 516 Å². The fourth-order valence-corrected chi connectivity index (χ4v) is 10.5. The van der Waals surface area contributed by atoms with Gasteiger partial charge in [-0.15, -0.1) is 0 Å². The lowest BCUT2D eigenvalue weighted by molar-refractivity contribution is -0.332. The molecule has 2 aliphatic heterocycles. The predicted molar refractivity (Wildman–Crippen MR) is 344 cm³/mol. The van der Waals surface area contributed by atoms with E-state index in [2.05, 4.69) is 98.9 Å². The van der Waals surface area contributed by atoms with Crippen LogP contribution in [0.5, 0.6) is 0 Å². The van der Waals surface area contributed by atoms with E-state index in [1.807, 2.05) is 0 Å². The fourth-order valence-electron chi connectivity index (χ4n) is 10.5. The molecule has 0 aromatic heterocycles. The van der Waals surface area contributed by atoms with Crippen LogP contribution >= 0.6 is 0 Å². The van der Waals surface area contributed by atoms with Gasteiger partial charge >= 0.3 is 5.97 Å². The van der Waals surface area contributed by atoms with Crippen LogP contribution in [0.4, 0.5) is 0 Å². The molecule has 0 aliphatic carbocycles. The lowest BCUT2D eigenvalue weighted by Gasteiger charge is -2.42. The normalized spacial score (nSPS) is 23.7. The maximum absolute atomic E-state index is 13.2. The molecule has 11 unspecified atom stereocenters. The number of carbonyl (C=O) groups is 1. The predicted octanol–water partition coefficient (Wildman–Crippen LogP) is 14.3. The number of ether oxygens (including phenoxy) is 6. The van der Waals surface area contributed by atoms with E-state index < -0.39 is 80.7 Å². The smallest absolute Gasteiger partial charge is 0.306 e. The number of esters is 1. The number of unbranched alkanes of at least 4 members (excludes halogenated alkanes) is 28. The largest absolute Gasteiger partial charge is 0.457 e. The van der Waals surface area contributed by atoms with E-state index in [1.165, 1.54) is 148 Å². The van der Waals surface area contributed by atoms with Crippen LogP contribution in [-0.4, -0.2) is 142 Å². The second-order valence-electron chi connectivity index (χ2n) is 23.6. The Balaban J connectivity index is 1.65. The molecule has 0 saturated carbocycles. The zero-order chi connectivity index (χ0) is 61.5. The molecule has 2 aliphatic rings. The highest BCUT2D eigenvalue weighted by Gasteiger charge is 2.47. The summed E-state index contributed by atoms with van der Waals surface area (Å²) in [7, 11) is 0. The highest BCUT2D eigenvalue weighted by molar-refractivity contribution is 5.69. The molecular formula is C71H124O14. The van der Waals surface area contributed by atoms with Crippen LogP contribution in [0.2, 0.25) is 0 Å². The summed E-state index contributed by atoms with van der Waals surface area (Å²) in [6, 6.07) is 0. The van der Waals surface area contributed by atoms with Crippen LogP contribution in [0.3, 0.4) is 0 Å². The van der Waals surface area contributed by atoms with Gasteiger partial charge in [-0.25, -0.2) is 0 Å². The monoisotopic (exact) mass is 1200 g/mol. The first-order valence-corrected chi connectivity index (χ1v) is 34.2. The summed E-state index contributed by atoms with van der Waals surface area (Å²) in [4.78, 5) is 13.2. The number of hydrogen-bond acceptors (Lipinski definition) is 14. The Morgan fingerprint density at radius 2 is 0.765 bits per heavy atom. The van der Waals surface area contributed by atoms with Gasteiger partial charge in [0.25, 0.3) is 0 Å². The Morgan fingerprint density at radius 3 is 1.20 bits per heavy atom. The van der Waals surface area contributed by atoms with E-state index in [1.54, 1.807) is 0 Å². The van der Waals surface area contributed by atoms with Gasteiger partial charge in [0.1, 0.15) is 54.9 Å². The highest BCUT2D eigenvalue weighted by atomic mass is 16.7. The molecule has 11 atom stereocenters. The van der Waals surface area contributed by atoms with Crippen LogP contribution in [0.1, 0.15) is 258 Å². The van der Waals surface area contributed by atoms with Gasteiger partial charge in [-0.2, -0.15) is 0 Å². The van der Waals surface area contributed by atoms with Crippen LogP contribution in [-0.2, 0) is 33.2 Å². The summed E-state index contributed by atoms with van der Waals surface area (Å²) in [5.41, 5.74) is 0. The van der Waals surface area contributed by atoms with Crippen LogP contribution in [0.15, 0.2) is 85.1 Å². The molecule has 7 N–H and O–H groups in total. The Morgan fingerprint density at radius 1 is 0.400 bits per heavy atom. The molecule has 0 spiro atoms. The summed E-state index contributed by atoms with van der Waals surface area (Å²) < 4.78 is 34.5. The quantitative estimate of drug-likeness (QED) is 0.0171. The fraction of sp³-hybridized carbons (Fsp3) is 0.789. The highest BCUT2D eigenvalue weighted by Crippen LogP contribution is 2.27. The van der Waals surface area contributed by atoms with Gasteiger partial charge in [0.05, 0.1) is 26.4 Å². The number of hydrogen-bond donors (Lipinski definition) is 7. The average Bonchev–Trinajstić information content (AvgIpc) is 2.82. The van der Waals surface area contributed by atoms with Crippen molar-refractivity contribution in [2.75, 3.05) is 33.0 Å². The minimum Gasteiger partial charge on any atom is -0.457 e. The van der Waals surface area contributed by atoms with Gasteiger partial charge < -0.3 is 64.2 Å². The molecule has 492 valence electrons. The van der Waals surface area contributed by atoms with Gasteiger partial charge in [0.15, 0.2) is 12.6 Å². The van der Waals surface area contributed by atoms with Crippen molar-refractivity contribution in [2.24, 2.45) is 0 Å². The van der Waals surface area contributed by atoms with E-state index >= 15 is 0 Å². The maximum Gasteiger partial charge on any atom is 0.306 e. The van der Waals surface area contributed by atoms with E-state index in [4.69, 9.17) is 28.4 Å². The second kappa shape index (κ2) is 56.4. The van der Waals surface area contributed by atoms with Gasteiger partial charge in [0, 0.05) is 13.0 Å². The number of aliphatic hydroxyl groups excluding tert-OH is 7. The molecule has 0 radical (unpaired) electrons. The second-order valence-corrected chi connectivity index (χ2v) is 23.6. The van der Waals surface area contributed by atoms with Crippen molar-refractivity contribution in [3.05, 3.63) is 85.1 Å². The van der Waals surface area contributed by atoms with Crippen molar-refractivity contribution in [1.29, 1.82) is 0 Å². The van der Waals surface area contributed by atoms with Gasteiger partial charge in [-0.05, 0) is 89.9 Å². The average molecular weight is 1200 g/mol. The molecule has 0 aromatic carbocycles. The van der Waals surface area contributed by atoms with Crippen molar-refractivity contribution in [2.45, 2.75) is 325 Å². The molecule has 0 aromatic rings. The van der Waals surface area contributed by atoms with Crippen molar-refractivity contribution in [3.63, 3.8) is 0 Å². The third-order valence-electron chi connectivity index (χ3n) is 15.9. The Kier molecular flexibility index (Phi) is 51.9. The topological polar surface area (TPSA) is 214 Å². The summed E-state index contributed by atoms with van der Waals surface area (Å²) >= 11 is 0.